The zero-order valence-electron chi connectivity index (χ0n) is 14.4. The molecule has 2 rings (SSSR count). The summed E-state index contributed by atoms with van der Waals surface area (Å²) in [6.07, 6.45) is 3.76. The maximum atomic E-state index is 5.87. The van der Waals surface area contributed by atoms with Gasteiger partial charge in [0, 0.05) is 19.6 Å². The van der Waals surface area contributed by atoms with Gasteiger partial charge in [0.15, 0.2) is 0 Å². The van der Waals surface area contributed by atoms with Gasteiger partial charge in [-0.25, -0.2) is 0 Å². The van der Waals surface area contributed by atoms with Crippen LogP contribution in [0.25, 0.3) is 0 Å². The molecule has 1 saturated heterocycles. The van der Waals surface area contributed by atoms with Gasteiger partial charge < -0.3 is 19.9 Å². The van der Waals surface area contributed by atoms with Gasteiger partial charge in [-0.1, -0.05) is 6.07 Å². The molecule has 4 nitrogen and oxygen atoms in total. The van der Waals surface area contributed by atoms with Crippen molar-refractivity contribution < 1.29 is 4.74 Å². The molecular formula is C18H31N3O. The predicted octanol–water partition coefficient (Wildman–Crippen LogP) is 2.73. The van der Waals surface area contributed by atoms with Crippen molar-refractivity contribution in [2.75, 3.05) is 51.8 Å². The standard InChI is InChI=1S/C18H31N3O/c1-4-22-18-14-16(15-19-10-7-11-20(2)3)8-9-17(18)21-12-5-6-13-21/h8-9,14,19H,4-7,10-13,15H2,1-3H3. The van der Waals surface area contributed by atoms with Crippen LogP contribution in [0.1, 0.15) is 31.7 Å². The fraction of sp³-hybridized carbons (Fsp3) is 0.667. The zero-order chi connectivity index (χ0) is 15.8. The van der Waals surface area contributed by atoms with Crippen molar-refractivity contribution in [3.8, 4) is 5.75 Å². The first-order chi connectivity index (χ1) is 10.7. The predicted molar refractivity (Wildman–Crippen MR) is 93.9 cm³/mol. The maximum Gasteiger partial charge on any atom is 0.142 e. The van der Waals surface area contributed by atoms with E-state index in [1.54, 1.807) is 0 Å². The monoisotopic (exact) mass is 305 g/mol. The Kier molecular flexibility index (Phi) is 7.00. The molecule has 4 heteroatoms. The fourth-order valence-corrected chi connectivity index (χ4v) is 2.91. The van der Waals surface area contributed by atoms with E-state index in [0.29, 0.717) is 0 Å². The molecule has 0 atom stereocenters. The second-order valence-electron chi connectivity index (χ2n) is 6.26. The van der Waals surface area contributed by atoms with Crippen LogP contribution in [0.2, 0.25) is 0 Å². The van der Waals surface area contributed by atoms with Gasteiger partial charge in [0.05, 0.1) is 12.3 Å². The highest BCUT2D eigenvalue weighted by Crippen LogP contribution is 2.32. The van der Waals surface area contributed by atoms with E-state index < -0.39 is 0 Å². The molecule has 1 aromatic rings. The van der Waals surface area contributed by atoms with Gasteiger partial charge in [-0.15, -0.1) is 0 Å². The van der Waals surface area contributed by atoms with Crippen LogP contribution in [0.3, 0.4) is 0 Å². The average Bonchev–Trinajstić information content (AvgIpc) is 3.01. The Bertz CT molecular complexity index is 442. The lowest BCUT2D eigenvalue weighted by atomic mass is 10.1. The highest BCUT2D eigenvalue weighted by Gasteiger charge is 2.16. The van der Waals surface area contributed by atoms with E-state index in [2.05, 4.69) is 54.3 Å². The quantitative estimate of drug-likeness (QED) is 0.710. The number of nitrogens with one attached hydrogen (secondary N) is 1. The minimum absolute atomic E-state index is 0.723. The lowest BCUT2D eigenvalue weighted by molar-refractivity contribution is 0.340. The van der Waals surface area contributed by atoms with Crippen molar-refractivity contribution in [1.29, 1.82) is 0 Å². The summed E-state index contributed by atoms with van der Waals surface area (Å²) in [5.74, 6) is 1.04. The first-order valence-corrected chi connectivity index (χ1v) is 8.57. The molecule has 0 aliphatic carbocycles. The van der Waals surface area contributed by atoms with Crippen molar-refractivity contribution in [3.05, 3.63) is 23.8 Å². The third-order valence-corrected chi connectivity index (χ3v) is 4.06. The van der Waals surface area contributed by atoms with Crippen LogP contribution in [-0.2, 0) is 6.54 Å². The number of rotatable bonds is 9. The van der Waals surface area contributed by atoms with Crippen LogP contribution < -0.4 is 15.0 Å². The number of hydrogen-bond donors (Lipinski definition) is 1. The summed E-state index contributed by atoms with van der Waals surface area (Å²) >= 11 is 0. The Morgan fingerprint density at radius 1 is 1.23 bits per heavy atom. The average molecular weight is 305 g/mol. The second kappa shape index (κ2) is 9.01. The summed E-state index contributed by atoms with van der Waals surface area (Å²) in [5.41, 5.74) is 2.56. The van der Waals surface area contributed by atoms with Crippen molar-refractivity contribution in [3.63, 3.8) is 0 Å². The van der Waals surface area contributed by atoms with E-state index in [-0.39, 0.29) is 0 Å². The second-order valence-corrected chi connectivity index (χ2v) is 6.26. The van der Waals surface area contributed by atoms with Crippen LogP contribution in [0, 0.1) is 0 Å². The van der Waals surface area contributed by atoms with Gasteiger partial charge in [-0.2, -0.15) is 0 Å². The molecule has 0 bridgehead atoms. The third-order valence-electron chi connectivity index (χ3n) is 4.06. The van der Waals surface area contributed by atoms with Gasteiger partial charge >= 0.3 is 0 Å². The number of nitrogens with zero attached hydrogens (tertiary/aromatic N) is 2. The molecule has 124 valence electrons. The van der Waals surface area contributed by atoms with Crippen LogP contribution >= 0.6 is 0 Å². The summed E-state index contributed by atoms with van der Waals surface area (Å²) in [6.45, 7) is 8.18. The summed E-state index contributed by atoms with van der Waals surface area (Å²) in [6, 6.07) is 6.67. The molecule has 1 N–H and O–H groups in total. The Morgan fingerprint density at radius 3 is 2.68 bits per heavy atom. The van der Waals surface area contributed by atoms with Crippen molar-refractivity contribution in [2.24, 2.45) is 0 Å². The summed E-state index contributed by atoms with van der Waals surface area (Å²) in [4.78, 5) is 4.67. The smallest absolute Gasteiger partial charge is 0.142 e. The Morgan fingerprint density at radius 2 is 2.00 bits per heavy atom. The number of benzene rings is 1. The lowest BCUT2D eigenvalue weighted by Gasteiger charge is -2.22. The molecule has 0 saturated carbocycles. The van der Waals surface area contributed by atoms with E-state index in [9.17, 15) is 0 Å². The Balaban J connectivity index is 1.90. The summed E-state index contributed by atoms with van der Waals surface area (Å²) in [5, 5.41) is 3.52. The molecule has 0 unspecified atom stereocenters. The Labute approximate surface area is 135 Å². The first kappa shape index (κ1) is 17.1. The molecule has 1 fully saturated rings. The molecular weight excluding hydrogens is 274 g/mol. The van der Waals surface area contributed by atoms with Crippen molar-refractivity contribution in [1.82, 2.24) is 10.2 Å². The molecule has 22 heavy (non-hydrogen) atoms. The number of anilines is 1. The summed E-state index contributed by atoms with van der Waals surface area (Å²) < 4.78 is 5.87. The lowest BCUT2D eigenvalue weighted by Crippen LogP contribution is -2.21. The molecule has 1 aromatic carbocycles. The molecule has 1 heterocycles. The number of ether oxygens (including phenoxy) is 1. The van der Waals surface area contributed by atoms with Crippen LogP contribution in [0.4, 0.5) is 5.69 Å². The molecule has 0 aromatic heterocycles. The largest absolute Gasteiger partial charge is 0.492 e. The SMILES string of the molecule is CCOc1cc(CNCCCN(C)C)ccc1N1CCCC1. The van der Waals surface area contributed by atoms with Crippen molar-refractivity contribution in [2.45, 2.75) is 32.7 Å². The van der Waals surface area contributed by atoms with Crippen LogP contribution in [0.15, 0.2) is 18.2 Å². The third kappa shape index (κ3) is 5.18. The number of hydrogen-bond acceptors (Lipinski definition) is 4. The zero-order valence-corrected chi connectivity index (χ0v) is 14.4. The minimum atomic E-state index is 0.723. The maximum absolute atomic E-state index is 5.87. The van der Waals surface area contributed by atoms with E-state index in [1.807, 2.05) is 0 Å². The Hall–Kier alpha value is -1.26. The molecule has 0 amide bonds. The fourth-order valence-electron chi connectivity index (χ4n) is 2.91. The van der Waals surface area contributed by atoms with Gasteiger partial charge in [-0.3, -0.25) is 0 Å². The van der Waals surface area contributed by atoms with Gasteiger partial charge in [0.1, 0.15) is 5.75 Å². The van der Waals surface area contributed by atoms with Crippen molar-refractivity contribution >= 4 is 5.69 Å². The van der Waals surface area contributed by atoms with E-state index >= 15 is 0 Å². The van der Waals surface area contributed by atoms with E-state index in [0.717, 1.165) is 45.1 Å². The first-order valence-electron chi connectivity index (χ1n) is 8.57. The van der Waals surface area contributed by atoms with Gasteiger partial charge in [0.2, 0.25) is 0 Å². The molecule has 1 aliphatic rings. The molecule has 1 aliphatic heterocycles. The van der Waals surface area contributed by atoms with Crippen LogP contribution in [0.5, 0.6) is 5.75 Å². The van der Waals surface area contributed by atoms with Gasteiger partial charge in [-0.05, 0) is 71.1 Å². The topological polar surface area (TPSA) is 27.7 Å². The van der Waals surface area contributed by atoms with E-state index in [1.165, 1.54) is 30.5 Å². The van der Waals surface area contributed by atoms with Crippen LogP contribution in [-0.4, -0.2) is 51.8 Å². The minimum Gasteiger partial charge on any atom is -0.492 e. The van der Waals surface area contributed by atoms with E-state index in [4.69, 9.17) is 4.74 Å². The summed E-state index contributed by atoms with van der Waals surface area (Å²) in [7, 11) is 4.23. The highest BCUT2D eigenvalue weighted by molar-refractivity contribution is 5.60. The van der Waals surface area contributed by atoms with Gasteiger partial charge in [0.25, 0.3) is 0 Å². The highest BCUT2D eigenvalue weighted by atomic mass is 16.5. The molecule has 0 radical (unpaired) electrons. The molecule has 0 spiro atoms. The normalized spacial score (nSPS) is 14.8.